The van der Waals surface area contributed by atoms with Gasteiger partial charge in [0.1, 0.15) is 0 Å². The first kappa shape index (κ1) is 24.4. The SMILES string of the molecule is CC(C)(C)c1cccc(C(C)(C)C)c1C(=O)c1c(C(C)(C)C)cccc1C(C)(C)C. The Labute approximate surface area is 185 Å². The van der Waals surface area contributed by atoms with Crippen molar-refractivity contribution in [2.75, 3.05) is 0 Å². The molecule has 2 aromatic rings. The van der Waals surface area contributed by atoms with E-state index in [9.17, 15) is 4.79 Å². The van der Waals surface area contributed by atoms with Gasteiger partial charge >= 0.3 is 0 Å². The third kappa shape index (κ3) is 4.88. The molecule has 164 valence electrons. The lowest BCUT2D eigenvalue weighted by Crippen LogP contribution is -2.28. The highest BCUT2D eigenvalue weighted by Crippen LogP contribution is 2.40. The first-order valence-electron chi connectivity index (χ1n) is 11.2. The van der Waals surface area contributed by atoms with Crippen LogP contribution in [-0.4, -0.2) is 5.78 Å². The Hall–Kier alpha value is -1.89. The lowest BCUT2D eigenvalue weighted by molar-refractivity contribution is 0.103. The van der Waals surface area contributed by atoms with Crippen LogP contribution in [0.2, 0.25) is 0 Å². The van der Waals surface area contributed by atoms with E-state index in [1.807, 2.05) is 0 Å². The van der Waals surface area contributed by atoms with Crippen LogP contribution in [0.25, 0.3) is 0 Å². The van der Waals surface area contributed by atoms with Crippen LogP contribution in [0.4, 0.5) is 0 Å². The molecule has 2 rings (SSSR count). The molecule has 0 saturated carbocycles. The minimum absolute atomic E-state index is 0.120. The Morgan fingerprint density at radius 3 is 0.833 bits per heavy atom. The second-order valence-corrected chi connectivity index (χ2v) is 12.8. The largest absolute Gasteiger partial charge is 0.289 e. The Morgan fingerprint density at radius 1 is 0.467 bits per heavy atom. The number of carbonyl (C=O) groups excluding carboxylic acids is 1. The summed E-state index contributed by atoms with van der Waals surface area (Å²) >= 11 is 0. The molecule has 0 aliphatic carbocycles. The fourth-order valence-corrected chi connectivity index (χ4v) is 4.22. The summed E-state index contributed by atoms with van der Waals surface area (Å²) in [5.41, 5.74) is 5.81. The van der Waals surface area contributed by atoms with Crippen molar-refractivity contribution in [3.8, 4) is 0 Å². The normalized spacial score (nSPS) is 13.5. The average Bonchev–Trinajstić information content (AvgIpc) is 2.56. The molecule has 0 radical (unpaired) electrons. The van der Waals surface area contributed by atoms with Crippen LogP contribution in [0.15, 0.2) is 36.4 Å². The van der Waals surface area contributed by atoms with Gasteiger partial charge in [0.15, 0.2) is 5.78 Å². The summed E-state index contributed by atoms with van der Waals surface area (Å²) in [5.74, 6) is 0.167. The molecule has 0 aliphatic rings. The second-order valence-electron chi connectivity index (χ2n) is 12.8. The second kappa shape index (κ2) is 7.66. The van der Waals surface area contributed by atoms with Gasteiger partial charge in [-0.1, -0.05) is 119 Å². The van der Waals surface area contributed by atoms with Crippen molar-refractivity contribution in [3.05, 3.63) is 69.8 Å². The molecule has 0 fully saturated rings. The molecule has 0 amide bonds. The smallest absolute Gasteiger partial charge is 0.194 e. The van der Waals surface area contributed by atoms with E-state index in [2.05, 4.69) is 119 Å². The van der Waals surface area contributed by atoms with Gasteiger partial charge in [-0.3, -0.25) is 4.79 Å². The average molecular weight is 407 g/mol. The van der Waals surface area contributed by atoms with Crippen molar-refractivity contribution in [2.45, 2.75) is 105 Å². The van der Waals surface area contributed by atoms with Gasteiger partial charge in [-0.15, -0.1) is 0 Å². The van der Waals surface area contributed by atoms with Crippen LogP contribution in [0.3, 0.4) is 0 Å². The Balaban J connectivity index is 3.02. The van der Waals surface area contributed by atoms with Crippen molar-refractivity contribution in [1.29, 1.82) is 0 Å². The number of ketones is 1. The molecule has 0 heterocycles. The van der Waals surface area contributed by atoms with E-state index in [-0.39, 0.29) is 27.4 Å². The zero-order valence-corrected chi connectivity index (χ0v) is 21.4. The van der Waals surface area contributed by atoms with Crippen molar-refractivity contribution in [3.63, 3.8) is 0 Å². The monoisotopic (exact) mass is 406 g/mol. The zero-order valence-electron chi connectivity index (χ0n) is 21.4. The molecule has 0 aliphatic heterocycles. The number of hydrogen-bond donors (Lipinski definition) is 0. The van der Waals surface area contributed by atoms with Crippen LogP contribution >= 0.6 is 0 Å². The van der Waals surface area contributed by atoms with E-state index in [1.54, 1.807) is 0 Å². The lowest BCUT2D eigenvalue weighted by Gasteiger charge is -2.33. The van der Waals surface area contributed by atoms with Gasteiger partial charge in [0.05, 0.1) is 0 Å². The van der Waals surface area contributed by atoms with Gasteiger partial charge in [0.25, 0.3) is 0 Å². The molecule has 0 N–H and O–H groups in total. The molecule has 0 spiro atoms. The number of benzene rings is 2. The topological polar surface area (TPSA) is 17.1 Å². The quantitative estimate of drug-likeness (QED) is 0.460. The molecule has 0 saturated heterocycles. The third-order valence-electron chi connectivity index (χ3n) is 5.82. The zero-order chi connectivity index (χ0) is 23.3. The first-order chi connectivity index (χ1) is 13.4. The Bertz CT molecular complexity index is 790. The third-order valence-corrected chi connectivity index (χ3v) is 5.82. The summed E-state index contributed by atoms with van der Waals surface area (Å²) in [5, 5.41) is 0. The predicted molar refractivity (Wildman–Crippen MR) is 131 cm³/mol. The molecule has 30 heavy (non-hydrogen) atoms. The highest BCUT2D eigenvalue weighted by molar-refractivity contribution is 6.13. The molecular weight excluding hydrogens is 364 g/mol. The highest BCUT2D eigenvalue weighted by atomic mass is 16.1. The van der Waals surface area contributed by atoms with E-state index in [4.69, 9.17) is 0 Å². The van der Waals surface area contributed by atoms with Crippen molar-refractivity contribution in [2.24, 2.45) is 0 Å². The molecule has 0 unspecified atom stereocenters. The number of hydrogen-bond acceptors (Lipinski definition) is 1. The van der Waals surface area contributed by atoms with Crippen LogP contribution < -0.4 is 0 Å². The number of carbonyl (C=O) groups is 1. The van der Waals surface area contributed by atoms with Crippen LogP contribution in [0, 0.1) is 0 Å². The van der Waals surface area contributed by atoms with Crippen molar-refractivity contribution >= 4 is 5.78 Å². The van der Waals surface area contributed by atoms with Gasteiger partial charge in [-0.05, 0) is 43.9 Å². The molecule has 1 nitrogen and oxygen atoms in total. The maximum absolute atomic E-state index is 14.5. The number of rotatable bonds is 2. The summed E-state index contributed by atoms with van der Waals surface area (Å²) in [6.07, 6.45) is 0. The first-order valence-corrected chi connectivity index (χ1v) is 11.2. The van der Waals surface area contributed by atoms with Crippen molar-refractivity contribution < 1.29 is 4.79 Å². The lowest BCUT2D eigenvalue weighted by atomic mass is 9.70. The van der Waals surface area contributed by atoms with E-state index in [0.717, 1.165) is 33.4 Å². The summed E-state index contributed by atoms with van der Waals surface area (Å²) in [6.45, 7) is 26.4. The van der Waals surface area contributed by atoms with E-state index in [0.29, 0.717) is 0 Å². The summed E-state index contributed by atoms with van der Waals surface area (Å²) < 4.78 is 0. The molecule has 1 heteroatoms. The Kier molecular flexibility index (Phi) is 6.23. The van der Waals surface area contributed by atoms with Crippen LogP contribution in [0.5, 0.6) is 0 Å². The van der Waals surface area contributed by atoms with Crippen LogP contribution in [0.1, 0.15) is 121 Å². The van der Waals surface area contributed by atoms with E-state index in [1.165, 1.54) is 0 Å². The molecule has 0 aromatic heterocycles. The summed E-state index contributed by atoms with van der Waals surface area (Å²) in [7, 11) is 0. The van der Waals surface area contributed by atoms with E-state index >= 15 is 0 Å². The molecule has 2 aromatic carbocycles. The summed E-state index contributed by atoms with van der Waals surface area (Å²) in [4.78, 5) is 14.5. The van der Waals surface area contributed by atoms with E-state index < -0.39 is 0 Å². The maximum atomic E-state index is 14.5. The minimum Gasteiger partial charge on any atom is -0.289 e. The van der Waals surface area contributed by atoms with Gasteiger partial charge in [0.2, 0.25) is 0 Å². The van der Waals surface area contributed by atoms with Gasteiger partial charge in [-0.2, -0.15) is 0 Å². The highest BCUT2D eigenvalue weighted by Gasteiger charge is 2.34. The fraction of sp³-hybridized carbons (Fsp3) is 0.552. The Morgan fingerprint density at radius 2 is 0.667 bits per heavy atom. The maximum Gasteiger partial charge on any atom is 0.194 e. The molecule has 0 atom stereocenters. The molecule has 0 bridgehead atoms. The minimum atomic E-state index is -0.120. The van der Waals surface area contributed by atoms with Crippen LogP contribution in [-0.2, 0) is 21.7 Å². The van der Waals surface area contributed by atoms with Crippen molar-refractivity contribution in [1.82, 2.24) is 0 Å². The predicted octanol–water partition coefficient (Wildman–Crippen LogP) is 8.11. The summed E-state index contributed by atoms with van der Waals surface area (Å²) in [6, 6.07) is 12.8. The van der Waals surface area contributed by atoms with Gasteiger partial charge in [0, 0.05) is 11.1 Å². The van der Waals surface area contributed by atoms with Gasteiger partial charge in [-0.25, -0.2) is 0 Å². The fourth-order valence-electron chi connectivity index (χ4n) is 4.22. The molecular formula is C29H42O. The van der Waals surface area contributed by atoms with Gasteiger partial charge < -0.3 is 0 Å². The standard InChI is InChI=1S/C29H42O/c1-26(2,3)19-15-13-16-20(27(4,5)6)23(19)25(30)24-21(28(7,8)9)17-14-18-22(24)29(10,11)12/h13-18H,1-12H3.